The van der Waals surface area contributed by atoms with Gasteiger partial charge in [0.15, 0.2) is 0 Å². The number of pyridine rings is 1. The van der Waals surface area contributed by atoms with E-state index < -0.39 is 12.0 Å². The maximum Gasteiger partial charge on any atom is 0.319 e. The molecule has 5 aromatic rings. The summed E-state index contributed by atoms with van der Waals surface area (Å²) in [6.07, 6.45) is 17.3. The normalized spacial score (nSPS) is 24.7. The lowest BCUT2D eigenvalue weighted by Crippen LogP contribution is -2.51. The first-order valence-corrected chi connectivity index (χ1v) is 18.7. The molecule has 7 heterocycles. The van der Waals surface area contributed by atoms with Gasteiger partial charge in [0.2, 0.25) is 0 Å². The van der Waals surface area contributed by atoms with Crippen molar-refractivity contribution < 1.29 is 13.5 Å². The Kier molecular flexibility index (Phi) is 8.05. The predicted molar refractivity (Wildman–Crippen MR) is 200 cm³/mol. The summed E-state index contributed by atoms with van der Waals surface area (Å²) in [5.41, 5.74) is 5.71. The summed E-state index contributed by atoms with van der Waals surface area (Å²) >= 11 is 1.53. The highest BCUT2D eigenvalue weighted by Crippen LogP contribution is 2.54. The molecule has 10 rings (SSSR count). The molecule has 2 bridgehead atoms. The molecule has 4 unspecified atom stereocenters. The fraction of sp³-hybridized carbons (Fsp3) is 0.436. The number of ether oxygens (including phenoxy) is 1. The Morgan fingerprint density at radius 2 is 1.88 bits per heavy atom. The highest BCUT2D eigenvalue weighted by Gasteiger charge is 2.57. The predicted octanol–water partition coefficient (Wildman–Crippen LogP) is 6.41. The van der Waals surface area contributed by atoms with Crippen molar-refractivity contribution in [1.82, 2.24) is 30.6 Å². The smallest absolute Gasteiger partial charge is 0.319 e. The number of hydrogen-bond donors (Lipinski definition) is 2. The van der Waals surface area contributed by atoms with Gasteiger partial charge >= 0.3 is 6.01 Å². The van der Waals surface area contributed by atoms with E-state index in [1.165, 1.54) is 43.1 Å². The first kappa shape index (κ1) is 32.5. The molecule has 51 heavy (non-hydrogen) atoms. The molecule has 1 saturated carbocycles. The van der Waals surface area contributed by atoms with Gasteiger partial charge in [0.05, 0.1) is 34.7 Å². The minimum Gasteiger partial charge on any atom is -0.467 e. The summed E-state index contributed by atoms with van der Waals surface area (Å²) in [6, 6.07) is 10.9. The maximum absolute atomic E-state index is 15.0. The zero-order valence-corrected chi connectivity index (χ0v) is 29.6. The maximum atomic E-state index is 15.0. The number of methoxy groups -OCH3 is 1. The monoisotopic (exact) mass is 706 g/mol. The number of benzene rings is 2. The first-order chi connectivity index (χ1) is 24.9. The van der Waals surface area contributed by atoms with E-state index in [9.17, 15) is 4.39 Å². The Labute approximate surface area is 299 Å². The van der Waals surface area contributed by atoms with Crippen LogP contribution in [-0.4, -0.2) is 89.7 Å². The van der Waals surface area contributed by atoms with Crippen LogP contribution in [-0.2, 0) is 0 Å². The van der Waals surface area contributed by atoms with Gasteiger partial charge in [0, 0.05) is 78.4 Å². The van der Waals surface area contributed by atoms with Crippen LogP contribution in [0.25, 0.3) is 42.3 Å². The van der Waals surface area contributed by atoms with Crippen LogP contribution in [0, 0.1) is 18.2 Å². The van der Waals surface area contributed by atoms with Crippen LogP contribution in [0.5, 0.6) is 6.01 Å². The molecule has 262 valence electrons. The molecule has 0 amide bonds. The minimum absolute atomic E-state index is 0.200. The van der Waals surface area contributed by atoms with E-state index in [-0.39, 0.29) is 5.56 Å². The van der Waals surface area contributed by atoms with Crippen LogP contribution in [0.2, 0.25) is 0 Å². The average molecular weight is 707 g/mol. The van der Waals surface area contributed by atoms with Crippen molar-refractivity contribution in [3.63, 3.8) is 0 Å². The van der Waals surface area contributed by atoms with Crippen LogP contribution in [0.15, 0.2) is 41.6 Å². The lowest BCUT2D eigenvalue weighted by Gasteiger charge is -2.34. The van der Waals surface area contributed by atoms with E-state index in [1.54, 1.807) is 32.6 Å². The van der Waals surface area contributed by atoms with Gasteiger partial charge in [-0.3, -0.25) is 9.88 Å². The molecular formula is C39H40F2N8OS. The van der Waals surface area contributed by atoms with Crippen molar-refractivity contribution >= 4 is 54.4 Å². The lowest BCUT2D eigenvalue weighted by atomic mass is 9.92. The Balaban J connectivity index is 0.000000266. The number of nitrogens with one attached hydrogen (secondary N) is 2. The fourth-order valence-electron chi connectivity index (χ4n) is 9.05. The van der Waals surface area contributed by atoms with Gasteiger partial charge in [-0.25, -0.2) is 8.78 Å². The van der Waals surface area contributed by atoms with E-state index in [2.05, 4.69) is 31.6 Å². The molecule has 1 spiro atoms. The zero-order valence-electron chi connectivity index (χ0n) is 28.8. The number of thiophene rings is 1. The van der Waals surface area contributed by atoms with Crippen LogP contribution in [0.1, 0.15) is 56.1 Å². The Morgan fingerprint density at radius 3 is 2.63 bits per heavy atom. The molecule has 4 atom stereocenters. The summed E-state index contributed by atoms with van der Waals surface area (Å²) in [5, 5.41) is 11.4. The standard InChI is InChI=1S/C30H26FN7OS.C9H14FN/c1-4-20-22(31)10-7-16-5-6-17(13-34-32-2)24(23(16)20)26-27-21(11-12-33-26)25-28(36-30(39-3)37-29(25)40-27)38-14-18-8-9-19(15-38)35-18;10-7-5-8-1-2-9(3-4-9)11(8)6-7/h1,5-7,10-13,18-19,32,35H,8-9,14-15H2,2-3H3;7-8H,1-6H2/b34-13-;. The Morgan fingerprint density at radius 1 is 1.08 bits per heavy atom. The largest absolute Gasteiger partial charge is 0.467 e. The van der Waals surface area contributed by atoms with E-state index in [1.807, 2.05) is 18.2 Å². The highest BCUT2D eigenvalue weighted by molar-refractivity contribution is 7.26. The van der Waals surface area contributed by atoms with E-state index in [0.717, 1.165) is 81.5 Å². The van der Waals surface area contributed by atoms with Gasteiger partial charge in [-0.05, 0) is 62.5 Å². The number of alkyl halides is 1. The molecule has 0 radical (unpaired) electrons. The number of fused-ring (bicyclic) bond motifs is 8. The molecule has 12 heteroatoms. The van der Waals surface area contributed by atoms with Crippen LogP contribution < -0.4 is 20.4 Å². The Hall–Kier alpha value is -4.44. The lowest BCUT2D eigenvalue weighted by molar-refractivity contribution is 0.211. The minimum atomic E-state index is -0.516. The van der Waals surface area contributed by atoms with Crippen molar-refractivity contribution in [2.24, 2.45) is 5.10 Å². The molecule has 2 N–H and O–H groups in total. The summed E-state index contributed by atoms with van der Waals surface area (Å²) in [5.74, 6) is 3.00. The third kappa shape index (κ3) is 5.48. The van der Waals surface area contributed by atoms with Crippen molar-refractivity contribution in [3.8, 4) is 29.6 Å². The quantitative estimate of drug-likeness (QED) is 0.123. The fourth-order valence-corrected chi connectivity index (χ4v) is 10.2. The molecule has 4 saturated heterocycles. The number of hydrogen-bond acceptors (Lipinski definition) is 10. The molecule has 4 aliphatic heterocycles. The number of nitrogens with zero attached hydrogens (tertiary/aromatic N) is 6. The summed E-state index contributed by atoms with van der Waals surface area (Å²) in [6.45, 7) is 2.49. The summed E-state index contributed by atoms with van der Waals surface area (Å²) in [4.78, 5) is 20.1. The second-order valence-electron chi connectivity index (χ2n) is 14.5. The second-order valence-corrected chi connectivity index (χ2v) is 15.5. The molecule has 1 aliphatic carbocycles. The van der Waals surface area contributed by atoms with Gasteiger partial charge in [0.1, 0.15) is 22.6 Å². The average Bonchev–Trinajstić information content (AvgIpc) is 3.33. The first-order valence-electron chi connectivity index (χ1n) is 17.9. The molecule has 2 aromatic carbocycles. The number of aromatic nitrogens is 3. The number of terminal acetylenes is 1. The van der Waals surface area contributed by atoms with Gasteiger partial charge in [-0.15, -0.1) is 17.8 Å². The van der Waals surface area contributed by atoms with Crippen LogP contribution >= 0.6 is 11.3 Å². The van der Waals surface area contributed by atoms with E-state index in [0.29, 0.717) is 40.8 Å². The van der Waals surface area contributed by atoms with Gasteiger partial charge in [-0.2, -0.15) is 15.1 Å². The second kappa shape index (κ2) is 12.7. The SMILES string of the molecule is C#Cc1c(F)ccc2ccc(/C=N\NC)c(-c3nccc4c3sc3nc(OC)nc(N5CC6CCC(C5)N6)c34)c12.FC1CC2CCC3(CC3)N2C1. The van der Waals surface area contributed by atoms with E-state index >= 15 is 4.39 Å². The molecule has 5 aliphatic rings. The molecular weight excluding hydrogens is 667 g/mol. The van der Waals surface area contributed by atoms with Gasteiger partial charge in [0.25, 0.3) is 0 Å². The number of halogens is 2. The summed E-state index contributed by atoms with van der Waals surface area (Å²) in [7, 11) is 3.32. The van der Waals surface area contributed by atoms with Gasteiger partial charge in [-0.1, -0.05) is 24.1 Å². The third-order valence-corrected chi connectivity index (χ3v) is 12.6. The Bertz CT molecular complexity index is 2230. The third-order valence-electron chi connectivity index (χ3n) is 11.5. The van der Waals surface area contributed by atoms with Crippen LogP contribution in [0.4, 0.5) is 14.6 Å². The van der Waals surface area contributed by atoms with Crippen molar-refractivity contribution in [1.29, 1.82) is 0 Å². The van der Waals surface area contributed by atoms with Crippen LogP contribution in [0.3, 0.4) is 0 Å². The van der Waals surface area contributed by atoms with Gasteiger partial charge < -0.3 is 20.4 Å². The zero-order chi connectivity index (χ0) is 34.9. The van der Waals surface area contributed by atoms with Crippen molar-refractivity contribution in [2.45, 2.75) is 74.8 Å². The van der Waals surface area contributed by atoms with Crippen molar-refractivity contribution in [3.05, 3.63) is 53.5 Å². The highest BCUT2D eigenvalue weighted by atomic mass is 32.1. The van der Waals surface area contributed by atoms with Crippen molar-refractivity contribution in [2.75, 3.05) is 38.7 Å². The number of hydrazone groups is 1. The summed E-state index contributed by atoms with van der Waals surface area (Å²) < 4.78 is 34.5. The number of rotatable bonds is 5. The number of piperazine rings is 1. The molecule has 9 nitrogen and oxygen atoms in total. The van der Waals surface area contributed by atoms with E-state index in [4.69, 9.17) is 26.1 Å². The topological polar surface area (TPSA) is 90.8 Å². The molecule has 3 aromatic heterocycles. The number of anilines is 1. The molecule has 5 fully saturated rings.